The van der Waals surface area contributed by atoms with Crippen molar-refractivity contribution >= 4 is 13.2 Å². The Morgan fingerprint density at radius 3 is 2.36 bits per heavy atom. The molecule has 1 saturated heterocycles. The predicted octanol–water partition coefficient (Wildman–Crippen LogP) is 2.37. The molecule has 0 spiro atoms. The molecule has 22 heavy (non-hydrogen) atoms. The Morgan fingerprint density at radius 2 is 1.86 bits per heavy atom. The second kappa shape index (κ2) is 5.95. The van der Waals surface area contributed by atoms with Gasteiger partial charge >= 0.3 is 7.12 Å². The van der Waals surface area contributed by atoms with Gasteiger partial charge in [0.05, 0.1) is 18.3 Å². The number of ether oxygens (including phenoxy) is 1. The van der Waals surface area contributed by atoms with E-state index in [-0.39, 0.29) is 5.75 Å². The maximum Gasteiger partial charge on any atom is 0.491 e. The summed E-state index contributed by atoms with van der Waals surface area (Å²) in [7, 11) is 1.04. The maximum absolute atomic E-state index is 9.66. The van der Waals surface area contributed by atoms with Gasteiger partial charge in [-0.3, -0.25) is 0 Å². The summed E-state index contributed by atoms with van der Waals surface area (Å²) in [4.78, 5) is 0. The minimum atomic E-state index is -0.477. The van der Waals surface area contributed by atoms with E-state index in [1.54, 1.807) is 18.2 Å². The quantitative estimate of drug-likeness (QED) is 0.835. The van der Waals surface area contributed by atoms with Gasteiger partial charge < -0.3 is 24.9 Å². The van der Waals surface area contributed by atoms with Gasteiger partial charge in [-0.2, -0.15) is 0 Å². The highest BCUT2D eigenvalue weighted by Gasteiger charge is 2.52. The predicted molar refractivity (Wildman–Crippen MR) is 87.8 cm³/mol. The summed E-state index contributed by atoms with van der Waals surface area (Å²) in [5.41, 5.74) is 6.77. The van der Waals surface area contributed by atoms with E-state index in [1.807, 2.05) is 33.8 Å². The Kier molecular flexibility index (Phi) is 4.56. The van der Waals surface area contributed by atoms with Crippen LogP contribution < -0.4 is 10.5 Å². The van der Waals surface area contributed by atoms with E-state index in [0.717, 1.165) is 11.0 Å². The Bertz CT molecular complexity index is 568. The highest BCUT2D eigenvalue weighted by Crippen LogP contribution is 2.38. The van der Waals surface area contributed by atoms with Crippen molar-refractivity contribution in [3.8, 4) is 11.5 Å². The lowest BCUT2D eigenvalue weighted by atomic mass is 9.77. The lowest BCUT2D eigenvalue weighted by molar-refractivity contribution is 0.00578. The molecule has 1 aromatic carbocycles. The molecule has 0 bridgehead atoms. The fourth-order valence-corrected chi connectivity index (χ4v) is 2.22. The zero-order valence-electron chi connectivity index (χ0n) is 13.8. The van der Waals surface area contributed by atoms with E-state index in [4.69, 9.17) is 19.8 Å². The number of benzene rings is 1. The van der Waals surface area contributed by atoms with Gasteiger partial charge in [0.2, 0.25) is 0 Å². The van der Waals surface area contributed by atoms with Crippen LogP contribution in [0, 0.1) is 0 Å². The Hall–Kier alpha value is -1.50. The molecule has 0 saturated carbocycles. The second-order valence-corrected chi connectivity index (χ2v) is 6.44. The molecule has 1 fully saturated rings. The average Bonchev–Trinajstić information content (AvgIpc) is 2.66. The van der Waals surface area contributed by atoms with Crippen LogP contribution in [0.4, 0.5) is 0 Å². The molecular weight excluding hydrogens is 281 g/mol. The van der Waals surface area contributed by atoms with E-state index in [1.165, 1.54) is 7.11 Å². The number of hydrogen-bond acceptors (Lipinski definition) is 5. The van der Waals surface area contributed by atoms with Gasteiger partial charge in [-0.05, 0) is 50.9 Å². The van der Waals surface area contributed by atoms with Gasteiger partial charge in [0.1, 0.15) is 0 Å². The van der Waals surface area contributed by atoms with Crippen LogP contribution in [0.3, 0.4) is 0 Å². The van der Waals surface area contributed by atoms with Crippen LogP contribution in [0.5, 0.6) is 11.5 Å². The Morgan fingerprint density at radius 1 is 1.27 bits per heavy atom. The first-order valence-electron chi connectivity index (χ1n) is 7.33. The van der Waals surface area contributed by atoms with Gasteiger partial charge in [0.15, 0.2) is 11.5 Å². The number of hydrogen-bond donors (Lipinski definition) is 2. The summed E-state index contributed by atoms with van der Waals surface area (Å²) in [6.45, 7) is 8.34. The molecule has 0 radical (unpaired) electrons. The summed E-state index contributed by atoms with van der Waals surface area (Å²) < 4.78 is 17.2. The van der Waals surface area contributed by atoms with Gasteiger partial charge in [0, 0.05) is 6.54 Å². The summed E-state index contributed by atoms with van der Waals surface area (Å²) in [5.74, 6) is 0.517. The first-order chi connectivity index (χ1) is 10.2. The summed E-state index contributed by atoms with van der Waals surface area (Å²) in [5, 5.41) is 9.66. The van der Waals surface area contributed by atoms with Crippen LogP contribution >= 0.6 is 0 Å². The number of methoxy groups -OCH3 is 1. The maximum atomic E-state index is 9.66. The van der Waals surface area contributed by atoms with E-state index in [0.29, 0.717) is 12.3 Å². The highest BCUT2D eigenvalue weighted by molar-refractivity contribution is 6.55. The van der Waals surface area contributed by atoms with E-state index >= 15 is 0 Å². The van der Waals surface area contributed by atoms with Crippen molar-refractivity contribution < 1.29 is 19.2 Å². The van der Waals surface area contributed by atoms with Crippen molar-refractivity contribution in [2.45, 2.75) is 38.9 Å². The van der Waals surface area contributed by atoms with Crippen LogP contribution in [-0.4, -0.2) is 37.1 Å². The van der Waals surface area contributed by atoms with Crippen LogP contribution in [0.2, 0.25) is 0 Å². The zero-order valence-corrected chi connectivity index (χ0v) is 13.8. The standard InChI is InChI=1S/C16H24BNO4/c1-15(2)16(3,4)22-17(21-15)12(10-18)8-11-6-7-13(19)14(9-11)20-5/h6-9,19H,10,18H2,1-5H3. The normalized spacial score (nSPS) is 20.3. The number of nitrogens with two attached hydrogens (primary N) is 1. The van der Waals surface area contributed by atoms with Crippen molar-refractivity contribution in [1.82, 2.24) is 0 Å². The van der Waals surface area contributed by atoms with Crippen LogP contribution in [0.25, 0.3) is 6.08 Å². The molecule has 6 heteroatoms. The van der Waals surface area contributed by atoms with Crippen molar-refractivity contribution in [1.29, 1.82) is 0 Å². The molecular formula is C16H24BNO4. The number of rotatable bonds is 4. The molecule has 0 unspecified atom stereocenters. The summed E-state index contributed by atoms with van der Waals surface area (Å²) in [6, 6.07) is 5.12. The second-order valence-electron chi connectivity index (χ2n) is 6.44. The van der Waals surface area contributed by atoms with Gasteiger partial charge in [-0.25, -0.2) is 0 Å². The number of phenolic OH excluding ortho intramolecular Hbond substituents is 1. The molecule has 0 amide bonds. The molecule has 120 valence electrons. The largest absolute Gasteiger partial charge is 0.504 e. The Labute approximate surface area is 132 Å². The average molecular weight is 305 g/mol. The molecule has 1 aromatic rings. The molecule has 2 rings (SSSR count). The van der Waals surface area contributed by atoms with Crippen molar-refractivity contribution in [2.75, 3.05) is 13.7 Å². The number of aromatic hydroxyl groups is 1. The molecule has 0 atom stereocenters. The van der Waals surface area contributed by atoms with E-state index < -0.39 is 18.3 Å². The van der Waals surface area contributed by atoms with Gasteiger partial charge in [-0.15, -0.1) is 0 Å². The lowest BCUT2D eigenvalue weighted by Crippen LogP contribution is -2.41. The monoisotopic (exact) mass is 305 g/mol. The van der Waals surface area contributed by atoms with Gasteiger partial charge in [0.25, 0.3) is 0 Å². The third-order valence-electron chi connectivity index (χ3n) is 4.35. The fourth-order valence-electron chi connectivity index (χ4n) is 2.22. The molecule has 0 aliphatic carbocycles. The zero-order chi connectivity index (χ0) is 16.5. The molecule has 5 nitrogen and oxygen atoms in total. The highest BCUT2D eigenvalue weighted by atomic mass is 16.7. The van der Waals surface area contributed by atoms with Crippen molar-refractivity contribution in [2.24, 2.45) is 5.73 Å². The molecule has 1 aliphatic rings. The van der Waals surface area contributed by atoms with Crippen LogP contribution in [-0.2, 0) is 9.31 Å². The first-order valence-corrected chi connectivity index (χ1v) is 7.33. The van der Waals surface area contributed by atoms with E-state index in [2.05, 4.69) is 0 Å². The topological polar surface area (TPSA) is 73.9 Å². The summed E-state index contributed by atoms with van der Waals surface area (Å²) in [6.07, 6.45) is 1.91. The van der Waals surface area contributed by atoms with Crippen molar-refractivity contribution in [3.05, 3.63) is 29.2 Å². The fraction of sp³-hybridized carbons (Fsp3) is 0.500. The minimum Gasteiger partial charge on any atom is -0.504 e. The lowest BCUT2D eigenvalue weighted by Gasteiger charge is -2.32. The van der Waals surface area contributed by atoms with Gasteiger partial charge in [-0.1, -0.05) is 12.1 Å². The molecule has 1 heterocycles. The molecule has 3 N–H and O–H groups in total. The molecule has 0 aromatic heterocycles. The van der Waals surface area contributed by atoms with Crippen LogP contribution in [0.1, 0.15) is 33.3 Å². The Balaban J connectivity index is 2.29. The van der Waals surface area contributed by atoms with E-state index in [9.17, 15) is 5.11 Å². The molecule has 1 aliphatic heterocycles. The third kappa shape index (κ3) is 3.14. The summed E-state index contributed by atoms with van der Waals surface area (Å²) >= 11 is 0. The van der Waals surface area contributed by atoms with Crippen molar-refractivity contribution in [3.63, 3.8) is 0 Å². The third-order valence-corrected chi connectivity index (χ3v) is 4.35. The number of phenols is 1. The minimum absolute atomic E-state index is 0.101. The smallest absolute Gasteiger partial charge is 0.491 e. The SMILES string of the molecule is COc1cc(C=C(CN)B2OC(C)(C)C(C)(C)O2)ccc1O. The van der Waals surface area contributed by atoms with Crippen LogP contribution in [0.15, 0.2) is 23.7 Å². The first kappa shape index (κ1) is 16.9.